The van der Waals surface area contributed by atoms with E-state index in [1.54, 1.807) is 0 Å². The number of hydrogen-bond donors (Lipinski definition) is 9. The fourth-order valence-corrected chi connectivity index (χ4v) is 7.79. The van der Waals surface area contributed by atoms with Crippen LogP contribution in [0.3, 0.4) is 0 Å². The Kier molecular flexibility index (Phi) is 11.6. The zero-order valence-electron chi connectivity index (χ0n) is 25.7. The molecule has 2 aliphatic heterocycles. The molecule has 0 aromatic heterocycles. The third kappa shape index (κ3) is 7.84. The van der Waals surface area contributed by atoms with Crippen LogP contribution in [0.5, 0.6) is 0 Å². The molecule has 3 saturated carbocycles. The first-order valence-electron chi connectivity index (χ1n) is 16.2. The molecule has 0 bridgehead atoms. The largest absolute Gasteiger partial charge is 0.463 e. The lowest BCUT2D eigenvalue weighted by atomic mass is 9.72. The first-order chi connectivity index (χ1) is 21.7. The monoisotopic (exact) mass is 665 g/mol. The van der Waals surface area contributed by atoms with Crippen molar-refractivity contribution in [3.8, 4) is 0 Å². The lowest BCUT2D eigenvalue weighted by Crippen LogP contribution is -2.64. The van der Waals surface area contributed by atoms with E-state index in [2.05, 4.69) is 0 Å². The van der Waals surface area contributed by atoms with Gasteiger partial charge in [-0.15, -0.1) is 0 Å². The predicted octanol–water partition coefficient (Wildman–Crippen LogP) is -3.89. The van der Waals surface area contributed by atoms with Gasteiger partial charge < -0.3 is 69.6 Å². The summed E-state index contributed by atoms with van der Waals surface area (Å²) in [5, 5.41) is 94.0. The second-order valence-electron chi connectivity index (χ2n) is 13.7. The highest BCUT2D eigenvalue weighted by Gasteiger charge is 2.56. The number of aliphatic hydroxyl groups is 11. The number of aliphatic hydroxyl groups excluding tert-OH is 9. The highest BCUT2D eigenvalue weighted by Crippen LogP contribution is 2.42. The van der Waals surface area contributed by atoms with Crippen molar-refractivity contribution in [2.45, 2.75) is 150 Å². The highest BCUT2D eigenvalue weighted by atomic mass is 16.7. The van der Waals surface area contributed by atoms with Crippen LogP contribution in [0.25, 0.3) is 0 Å². The molecule has 264 valence electrons. The van der Waals surface area contributed by atoms with Crippen molar-refractivity contribution in [3.05, 3.63) is 0 Å². The molecular formula is C30H49O16+. The van der Waals surface area contributed by atoms with Gasteiger partial charge in [0.1, 0.15) is 37.1 Å². The van der Waals surface area contributed by atoms with E-state index in [0.29, 0.717) is 19.3 Å². The summed E-state index contributed by atoms with van der Waals surface area (Å²) in [4.78, 5) is 24.8. The molecule has 0 spiro atoms. The van der Waals surface area contributed by atoms with Gasteiger partial charge in [0.15, 0.2) is 24.6 Å². The summed E-state index contributed by atoms with van der Waals surface area (Å²) in [7, 11) is 0. The van der Waals surface area contributed by atoms with Gasteiger partial charge in [0, 0.05) is 25.7 Å². The van der Waals surface area contributed by atoms with E-state index >= 15 is 0 Å². The maximum absolute atomic E-state index is 13.3. The number of fused-ring (bicyclic) bond motifs is 1. The maximum atomic E-state index is 13.3. The Balaban J connectivity index is 1.40. The Morgan fingerprint density at radius 3 is 2.11 bits per heavy atom. The van der Waals surface area contributed by atoms with Crippen LogP contribution in [-0.2, 0) is 28.5 Å². The minimum absolute atomic E-state index is 0.145. The quantitative estimate of drug-likeness (QED) is 0.0930. The van der Waals surface area contributed by atoms with E-state index in [1.807, 2.05) is 0 Å². The topological polar surface area (TPSA) is 266 Å². The van der Waals surface area contributed by atoms with Crippen LogP contribution in [0.15, 0.2) is 0 Å². The van der Waals surface area contributed by atoms with E-state index in [0.717, 1.165) is 6.92 Å². The molecular weight excluding hydrogens is 616 g/mol. The molecule has 3 aliphatic carbocycles. The SMILES string of the molecule is CC(=O)OCC1OC(OC2CC3C(O)CC(O)CC3[OH+]C2C2CCC(O)C(O)C2)C(OC(=O)C2CC(O)C(O)C(O)C2)C(O)C1O. The van der Waals surface area contributed by atoms with Gasteiger partial charge in [0.05, 0.1) is 48.5 Å². The normalized spacial score (nSPS) is 49.9. The van der Waals surface area contributed by atoms with E-state index in [4.69, 9.17) is 23.7 Å². The Labute approximate surface area is 265 Å². The van der Waals surface area contributed by atoms with Crippen LogP contribution in [0, 0.1) is 17.8 Å². The molecule has 46 heavy (non-hydrogen) atoms. The van der Waals surface area contributed by atoms with Gasteiger partial charge in [-0.3, -0.25) is 9.59 Å². The van der Waals surface area contributed by atoms with Crippen LogP contribution in [0.1, 0.15) is 58.3 Å². The van der Waals surface area contributed by atoms with Gasteiger partial charge in [0.25, 0.3) is 0 Å². The second-order valence-corrected chi connectivity index (χ2v) is 13.7. The summed E-state index contributed by atoms with van der Waals surface area (Å²) in [6, 6.07) is 0. The molecule has 16 nitrogen and oxygen atoms in total. The molecule has 0 aromatic rings. The van der Waals surface area contributed by atoms with E-state index in [1.165, 1.54) is 0 Å². The average Bonchev–Trinajstić information content (AvgIpc) is 2.99. The lowest BCUT2D eigenvalue weighted by Gasteiger charge is -2.49. The number of carbonyl (C=O) groups excluding carboxylic acids is 2. The van der Waals surface area contributed by atoms with Crippen molar-refractivity contribution in [1.29, 1.82) is 0 Å². The van der Waals surface area contributed by atoms with Crippen molar-refractivity contribution in [2.24, 2.45) is 17.8 Å². The Bertz CT molecular complexity index is 1030. The highest BCUT2D eigenvalue weighted by molar-refractivity contribution is 5.73. The first-order valence-corrected chi connectivity index (χ1v) is 16.2. The van der Waals surface area contributed by atoms with Crippen molar-refractivity contribution in [2.75, 3.05) is 6.61 Å². The molecule has 0 amide bonds. The zero-order valence-corrected chi connectivity index (χ0v) is 25.7. The van der Waals surface area contributed by atoms with Crippen LogP contribution in [-0.4, -0.2) is 161 Å². The van der Waals surface area contributed by atoms with Gasteiger partial charge in [0.2, 0.25) is 0 Å². The molecule has 5 aliphatic rings. The number of hydrogen-bond acceptors (Lipinski definition) is 15. The fraction of sp³-hybridized carbons (Fsp3) is 0.933. The predicted molar refractivity (Wildman–Crippen MR) is 151 cm³/mol. The standard InChI is InChI=1S/C30H48O16/c1-11(31)42-10-23-25(39)26(40)28(46-29(41)13-5-19(36)24(38)20(37)6-13)30(45-23)44-22-9-15-17(34)7-14(32)8-21(15)43-27(22)12-2-3-16(33)18(35)4-12/h12-28,30,32-40H,2-10H2,1H3/p+1. The van der Waals surface area contributed by atoms with Crippen LogP contribution in [0.4, 0.5) is 0 Å². The molecule has 10 N–H and O–H groups in total. The minimum atomic E-state index is -1.79. The summed E-state index contributed by atoms with van der Waals surface area (Å²) in [6.07, 6.45) is -16.3. The average molecular weight is 666 g/mol. The van der Waals surface area contributed by atoms with E-state index < -0.39 is 122 Å². The van der Waals surface area contributed by atoms with Gasteiger partial charge in [-0.25, -0.2) is 0 Å². The first kappa shape index (κ1) is 35.8. The summed E-state index contributed by atoms with van der Waals surface area (Å²) in [6.45, 7) is 0.695. The van der Waals surface area contributed by atoms with Gasteiger partial charge in [-0.05, 0) is 38.5 Å². The third-order valence-electron chi connectivity index (χ3n) is 10.4. The van der Waals surface area contributed by atoms with Crippen molar-refractivity contribution in [1.82, 2.24) is 0 Å². The van der Waals surface area contributed by atoms with Crippen LogP contribution in [0.2, 0.25) is 0 Å². The van der Waals surface area contributed by atoms with Crippen molar-refractivity contribution >= 4 is 11.9 Å². The molecule has 0 radical (unpaired) electrons. The summed E-state index contributed by atoms with van der Waals surface area (Å²) in [5.41, 5.74) is 0. The molecule has 16 unspecified atom stereocenters. The zero-order chi connectivity index (χ0) is 33.4. The summed E-state index contributed by atoms with van der Waals surface area (Å²) in [5.74, 6) is -3.35. The second kappa shape index (κ2) is 14.9. The van der Waals surface area contributed by atoms with Gasteiger partial charge in [-0.2, -0.15) is 0 Å². The van der Waals surface area contributed by atoms with Crippen molar-refractivity contribution in [3.63, 3.8) is 0 Å². The Hall–Kier alpha value is -1.54. The Morgan fingerprint density at radius 1 is 0.761 bits per heavy atom. The van der Waals surface area contributed by atoms with Crippen LogP contribution < -0.4 is 0 Å². The number of carbonyl (C=O) groups is 2. The Morgan fingerprint density at radius 2 is 1.46 bits per heavy atom. The number of esters is 2. The molecule has 5 fully saturated rings. The minimum Gasteiger partial charge on any atom is -0.463 e. The fourth-order valence-electron chi connectivity index (χ4n) is 7.79. The smallest absolute Gasteiger partial charge is 0.309 e. The number of rotatable bonds is 7. The van der Waals surface area contributed by atoms with E-state index in [-0.39, 0.29) is 38.0 Å². The molecule has 2 heterocycles. The lowest BCUT2D eigenvalue weighted by molar-refractivity contribution is -0.357. The summed E-state index contributed by atoms with van der Waals surface area (Å²) < 4.78 is 28.0. The maximum Gasteiger partial charge on any atom is 0.309 e. The third-order valence-corrected chi connectivity index (χ3v) is 10.4. The molecule has 0 aromatic carbocycles. The van der Waals surface area contributed by atoms with Gasteiger partial charge in [-0.1, -0.05) is 0 Å². The van der Waals surface area contributed by atoms with Gasteiger partial charge >= 0.3 is 11.9 Å². The molecule has 2 saturated heterocycles. The molecule has 5 rings (SSSR count). The number of ether oxygens (including phenoxy) is 5. The molecule has 16 atom stereocenters. The van der Waals surface area contributed by atoms with E-state index in [9.17, 15) is 55.5 Å². The van der Waals surface area contributed by atoms with Crippen LogP contribution >= 0.6 is 0 Å². The summed E-state index contributed by atoms with van der Waals surface area (Å²) >= 11 is 0. The van der Waals surface area contributed by atoms with Crippen molar-refractivity contribution < 1.29 is 79.2 Å². The molecule has 16 heteroatoms.